The summed E-state index contributed by atoms with van der Waals surface area (Å²) in [7, 11) is 1.50. The highest BCUT2D eigenvalue weighted by Crippen LogP contribution is 2.58. The number of anilines is 1. The van der Waals surface area contributed by atoms with Crippen LogP contribution in [-0.4, -0.2) is 36.7 Å². The molecule has 1 heterocycles. The highest BCUT2D eigenvalue weighted by atomic mass is 19.4. The maximum absolute atomic E-state index is 13.1. The van der Waals surface area contributed by atoms with Crippen LogP contribution in [0.3, 0.4) is 0 Å². The van der Waals surface area contributed by atoms with Crippen LogP contribution in [-0.2, 0) is 16.6 Å². The molecular formula is C18H23F3N2O2. The summed E-state index contributed by atoms with van der Waals surface area (Å²) in [5.41, 5.74) is 7.44. The van der Waals surface area contributed by atoms with E-state index in [-0.39, 0.29) is 12.0 Å². The van der Waals surface area contributed by atoms with Crippen LogP contribution in [0.25, 0.3) is 0 Å². The molecule has 1 aliphatic carbocycles. The molecule has 0 spiro atoms. The molecule has 4 nitrogen and oxygen atoms in total. The van der Waals surface area contributed by atoms with Gasteiger partial charge in [-0.05, 0) is 29.9 Å². The van der Waals surface area contributed by atoms with Crippen molar-refractivity contribution in [3.8, 4) is 5.75 Å². The third-order valence-corrected chi connectivity index (χ3v) is 6.47. The Morgan fingerprint density at radius 3 is 2.52 bits per heavy atom. The first-order valence-corrected chi connectivity index (χ1v) is 8.28. The van der Waals surface area contributed by atoms with Crippen LogP contribution in [0.1, 0.15) is 38.3 Å². The van der Waals surface area contributed by atoms with Crippen molar-refractivity contribution in [3.63, 3.8) is 0 Å². The molecule has 1 fully saturated rings. The lowest BCUT2D eigenvalue weighted by molar-refractivity contribution is -0.195. The van der Waals surface area contributed by atoms with E-state index in [1.54, 1.807) is 6.07 Å². The van der Waals surface area contributed by atoms with Crippen molar-refractivity contribution >= 4 is 11.6 Å². The van der Waals surface area contributed by atoms with E-state index >= 15 is 0 Å². The molecule has 25 heavy (non-hydrogen) atoms. The molecule has 2 bridgehead atoms. The normalized spacial score (nSPS) is 27.6. The smallest absolute Gasteiger partial charge is 0.471 e. The van der Waals surface area contributed by atoms with E-state index in [4.69, 9.17) is 10.5 Å². The summed E-state index contributed by atoms with van der Waals surface area (Å²) in [5.74, 6) is -1.26. The Hall–Kier alpha value is -1.92. The molecular weight excluding hydrogens is 333 g/mol. The van der Waals surface area contributed by atoms with Gasteiger partial charge in [-0.3, -0.25) is 4.79 Å². The van der Waals surface area contributed by atoms with Crippen LogP contribution >= 0.6 is 0 Å². The molecule has 0 saturated carbocycles. The van der Waals surface area contributed by atoms with Gasteiger partial charge < -0.3 is 15.4 Å². The van der Waals surface area contributed by atoms with Crippen LogP contribution in [0, 0.1) is 5.41 Å². The van der Waals surface area contributed by atoms with Crippen LogP contribution in [0.2, 0.25) is 0 Å². The van der Waals surface area contributed by atoms with Gasteiger partial charge in [-0.15, -0.1) is 0 Å². The molecule has 7 heteroatoms. The SMILES string of the molecule is COc1c(N)ccc2c1C[C@H]1N(C(=O)C(F)(F)F)CC[C@]2(C)C1(C)C. The third kappa shape index (κ3) is 2.31. The second kappa shape index (κ2) is 5.29. The topological polar surface area (TPSA) is 55.6 Å². The van der Waals surface area contributed by atoms with Crippen LogP contribution in [0.5, 0.6) is 5.75 Å². The van der Waals surface area contributed by atoms with E-state index in [9.17, 15) is 18.0 Å². The average molecular weight is 356 g/mol. The van der Waals surface area contributed by atoms with Crippen molar-refractivity contribution in [3.05, 3.63) is 23.3 Å². The number of likely N-dealkylation sites (tertiary alicyclic amines) is 1. The number of halogens is 3. The Labute approximate surface area is 145 Å². The molecule has 0 aromatic heterocycles. The van der Waals surface area contributed by atoms with Gasteiger partial charge in [-0.25, -0.2) is 0 Å². The second-order valence-electron chi connectivity index (χ2n) is 7.73. The largest absolute Gasteiger partial charge is 0.494 e. The molecule has 3 rings (SSSR count). The number of hydrogen-bond donors (Lipinski definition) is 1. The van der Waals surface area contributed by atoms with E-state index in [1.807, 2.05) is 19.9 Å². The van der Waals surface area contributed by atoms with E-state index < -0.39 is 23.5 Å². The first-order valence-electron chi connectivity index (χ1n) is 8.28. The number of piperidine rings is 1. The summed E-state index contributed by atoms with van der Waals surface area (Å²) in [6, 6.07) is 3.17. The number of carbonyl (C=O) groups excluding carboxylic acids is 1. The minimum atomic E-state index is -4.87. The first kappa shape index (κ1) is 17.9. The number of nitrogen functional groups attached to an aromatic ring is 1. The Balaban J connectivity index is 2.17. The average Bonchev–Trinajstić information content (AvgIpc) is 2.49. The molecule has 2 N–H and O–H groups in total. The van der Waals surface area contributed by atoms with Crippen LogP contribution in [0.15, 0.2) is 12.1 Å². The van der Waals surface area contributed by atoms with Crippen LogP contribution < -0.4 is 10.5 Å². The van der Waals surface area contributed by atoms with Crippen molar-refractivity contribution in [1.29, 1.82) is 0 Å². The standard InChI is InChI=1S/C18H23F3N2O2/c1-16(2)13-9-10-11(5-6-12(22)14(10)25-4)17(16,3)7-8-23(13)15(24)18(19,20)21/h5-6,13H,7-9,22H2,1-4H3/t13-,17+/m1/s1. The second-order valence-corrected chi connectivity index (χ2v) is 7.73. The minimum Gasteiger partial charge on any atom is -0.494 e. The number of nitrogens with zero attached hydrogens (tertiary/aromatic N) is 1. The molecule has 1 aromatic rings. The zero-order valence-corrected chi connectivity index (χ0v) is 14.8. The number of hydrogen-bond acceptors (Lipinski definition) is 3. The molecule has 0 unspecified atom stereocenters. The van der Waals surface area contributed by atoms with Gasteiger partial charge in [0, 0.05) is 23.6 Å². The number of alkyl halides is 3. The lowest BCUT2D eigenvalue weighted by atomic mass is 9.51. The fourth-order valence-electron chi connectivity index (χ4n) is 4.63. The number of ether oxygens (including phenoxy) is 1. The van der Waals surface area contributed by atoms with Crippen molar-refractivity contribution < 1.29 is 22.7 Å². The monoisotopic (exact) mass is 356 g/mol. The minimum absolute atomic E-state index is 0.0923. The van der Waals surface area contributed by atoms with Gasteiger partial charge in [0.25, 0.3) is 0 Å². The Bertz CT molecular complexity index is 730. The number of rotatable bonds is 1. The van der Waals surface area contributed by atoms with E-state index in [2.05, 4.69) is 6.92 Å². The van der Waals surface area contributed by atoms with Gasteiger partial charge in [0.15, 0.2) is 0 Å². The molecule has 1 aromatic carbocycles. The Morgan fingerprint density at radius 1 is 1.32 bits per heavy atom. The van der Waals surface area contributed by atoms with Gasteiger partial charge >= 0.3 is 12.1 Å². The summed E-state index contributed by atoms with van der Waals surface area (Å²) >= 11 is 0. The predicted molar refractivity (Wildman–Crippen MR) is 88.4 cm³/mol. The van der Waals surface area contributed by atoms with E-state index in [0.717, 1.165) is 16.0 Å². The molecule has 1 saturated heterocycles. The lowest BCUT2D eigenvalue weighted by Crippen LogP contribution is -2.66. The van der Waals surface area contributed by atoms with Gasteiger partial charge in [0.1, 0.15) is 5.75 Å². The number of fused-ring (bicyclic) bond motifs is 4. The Kier molecular flexibility index (Phi) is 3.78. The third-order valence-electron chi connectivity index (χ3n) is 6.47. The summed E-state index contributed by atoms with van der Waals surface area (Å²) in [5, 5.41) is 0. The van der Waals surface area contributed by atoms with E-state index in [1.165, 1.54) is 7.11 Å². The molecule has 1 aliphatic heterocycles. The quantitative estimate of drug-likeness (QED) is 0.786. The van der Waals surface area contributed by atoms with Crippen molar-refractivity contribution in [2.75, 3.05) is 19.4 Å². The molecule has 0 radical (unpaired) electrons. The van der Waals surface area contributed by atoms with Crippen molar-refractivity contribution in [2.24, 2.45) is 5.41 Å². The molecule has 2 atom stereocenters. The molecule has 1 amide bonds. The van der Waals surface area contributed by atoms with Gasteiger partial charge in [-0.1, -0.05) is 26.8 Å². The zero-order chi connectivity index (χ0) is 18.8. The lowest BCUT2D eigenvalue weighted by Gasteiger charge is -2.60. The highest BCUT2D eigenvalue weighted by Gasteiger charge is 2.59. The molecule has 138 valence electrons. The van der Waals surface area contributed by atoms with Gasteiger partial charge in [0.2, 0.25) is 0 Å². The maximum Gasteiger partial charge on any atom is 0.471 e. The zero-order valence-electron chi connectivity index (χ0n) is 14.8. The number of carbonyl (C=O) groups is 1. The fourth-order valence-corrected chi connectivity index (χ4v) is 4.63. The highest BCUT2D eigenvalue weighted by molar-refractivity contribution is 5.82. The number of nitrogens with two attached hydrogens (primary N) is 1. The summed E-state index contributed by atoms with van der Waals surface area (Å²) in [4.78, 5) is 13.0. The van der Waals surface area contributed by atoms with Crippen LogP contribution in [0.4, 0.5) is 18.9 Å². The first-order chi connectivity index (χ1) is 11.4. The van der Waals surface area contributed by atoms with E-state index in [0.29, 0.717) is 24.3 Å². The maximum atomic E-state index is 13.1. The predicted octanol–water partition coefficient (Wildman–Crippen LogP) is 3.28. The fraction of sp³-hybridized carbons (Fsp3) is 0.611. The Morgan fingerprint density at radius 2 is 1.96 bits per heavy atom. The number of amides is 1. The summed E-state index contributed by atoms with van der Waals surface area (Å²) < 4.78 is 44.7. The summed E-state index contributed by atoms with van der Waals surface area (Å²) in [6.07, 6.45) is -4.11. The summed E-state index contributed by atoms with van der Waals surface area (Å²) in [6.45, 7) is 6.04. The van der Waals surface area contributed by atoms with Crippen molar-refractivity contribution in [2.45, 2.75) is 51.2 Å². The van der Waals surface area contributed by atoms with Gasteiger partial charge in [-0.2, -0.15) is 13.2 Å². The number of benzene rings is 1. The van der Waals surface area contributed by atoms with Crippen molar-refractivity contribution in [1.82, 2.24) is 4.90 Å². The number of methoxy groups -OCH3 is 1. The van der Waals surface area contributed by atoms with Gasteiger partial charge in [0.05, 0.1) is 12.8 Å². The molecule has 2 aliphatic rings.